The fraction of sp³-hybridized carbons (Fsp3) is 0.250. The number of rotatable bonds is 3. The molecule has 116 valence electrons. The van der Waals surface area contributed by atoms with Crippen LogP contribution in [0.1, 0.15) is 30.9 Å². The Hall–Kier alpha value is -2.37. The molecule has 22 heavy (non-hydrogen) atoms. The molecule has 2 aromatic rings. The molecule has 0 saturated carbocycles. The maximum Gasteiger partial charge on any atom is 0.416 e. The van der Waals surface area contributed by atoms with Gasteiger partial charge in [0.2, 0.25) is 0 Å². The monoisotopic (exact) mass is 309 g/mol. The second-order valence-electron chi connectivity index (χ2n) is 5.23. The number of hydrogen-bond donors (Lipinski definition) is 0. The van der Waals surface area contributed by atoms with Crippen LogP contribution in [0.3, 0.4) is 0 Å². The van der Waals surface area contributed by atoms with E-state index in [9.17, 15) is 23.3 Å². The molecule has 0 N–H and O–H groups in total. The molecule has 0 aliphatic rings. The lowest BCUT2D eigenvalue weighted by atomic mass is 9.92. The Morgan fingerprint density at radius 2 is 1.73 bits per heavy atom. The molecule has 2 aromatic carbocycles. The summed E-state index contributed by atoms with van der Waals surface area (Å²) in [6, 6.07) is 9.63. The van der Waals surface area contributed by atoms with E-state index < -0.39 is 16.7 Å². The number of alkyl halides is 3. The maximum absolute atomic E-state index is 13.2. The molecule has 3 nitrogen and oxygen atoms in total. The summed E-state index contributed by atoms with van der Waals surface area (Å²) in [7, 11) is 0. The Morgan fingerprint density at radius 1 is 1.09 bits per heavy atom. The lowest BCUT2D eigenvalue weighted by molar-refractivity contribution is -0.384. The van der Waals surface area contributed by atoms with Gasteiger partial charge in [-0.3, -0.25) is 10.1 Å². The van der Waals surface area contributed by atoms with E-state index in [0.29, 0.717) is 0 Å². The second-order valence-corrected chi connectivity index (χ2v) is 5.23. The SMILES string of the molecule is CC(C)c1ccc(-c2ccccc2[N+](=O)[O-])cc1C(F)(F)F. The van der Waals surface area contributed by atoms with Crippen LogP contribution in [0.15, 0.2) is 42.5 Å². The molecule has 0 aliphatic carbocycles. The fourth-order valence-electron chi connectivity index (χ4n) is 2.35. The summed E-state index contributed by atoms with van der Waals surface area (Å²) in [5.41, 5.74) is -0.432. The van der Waals surface area contributed by atoms with E-state index >= 15 is 0 Å². The number of nitrogens with zero attached hydrogens (tertiary/aromatic N) is 1. The smallest absolute Gasteiger partial charge is 0.258 e. The van der Waals surface area contributed by atoms with E-state index in [1.807, 2.05) is 0 Å². The zero-order valence-corrected chi connectivity index (χ0v) is 12.0. The van der Waals surface area contributed by atoms with Gasteiger partial charge in [-0.1, -0.05) is 38.1 Å². The number of nitro groups is 1. The summed E-state index contributed by atoms with van der Waals surface area (Å²) in [5.74, 6) is -0.295. The summed E-state index contributed by atoms with van der Waals surface area (Å²) in [5, 5.41) is 11.0. The summed E-state index contributed by atoms with van der Waals surface area (Å²) in [6.07, 6.45) is -4.50. The first-order valence-corrected chi connectivity index (χ1v) is 6.66. The van der Waals surface area contributed by atoms with Crippen molar-refractivity contribution in [2.24, 2.45) is 0 Å². The van der Waals surface area contributed by atoms with Crippen LogP contribution < -0.4 is 0 Å². The minimum absolute atomic E-state index is 0.174. The highest BCUT2D eigenvalue weighted by Crippen LogP contribution is 2.39. The number of benzene rings is 2. The molecule has 0 atom stereocenters. The van der Waals surface area contributed by atoms with Crippen molar-refractivity contribution in [3.63, 3.8) is 0 Å². The quantitative estimate of drug-likeness (QED) is 0.562. The highest BCUT2D eigenvalue weighted by Gasteiger charge is 2.34. The van der Waals surface area contributed by atoms with E-state index in [0.717, 1.165) is 6.07 Å². The van der Waals surface area contributed by atoms with Crippen LogP contribution >= 0.6 is 0 Å². The molecular formula is C16H14F3NO2. The standard InChI is InChI=1S/C16H14F3NO2/c1-10(2)12-8-7-11(9-14(12)16(17,18)19)13-5-3-4-6-15(13)20(21)22/h3-10H,1-2H3. The summed E-state index contributed by atoms with van der Waals surface area (Å²) < 4.78 is 39.7. The molecule has 0 bridgehead atoms. The zero-order valence-electron chi connectivity index (χ0n) is 12.0. The van der Waals surface area contributed by atoms with Crippen LogP contribution in [0.2, 0.25) is 0 Å². The summed E-state index contributed by atoms with van der Waals surface area (Å²) in [6.45, 7) is 3.35. The third kappa shape index (κ3) is 3.10. The number of nitro benzene ring substituents is 1. The Kier molecular flexibility index (Phi) is 4.21. The third-order valence-corrected chi connectivity index (χ3v) is 3.39. The largest absolute Gasteiger partial charge is 0.416 e. The van der Waals surface area contributed by atoms with Crippen molar-refractivity contribution in [2.75, 3.05) is 0 Å². The van der Waals surface area contributed by atoms with Gasteiger partial charge in [-0.05, 0) is 29.2 Å². The molecule has 2 rings (SSSR count). The van der Waals surface area contributed by atoms with Crippen molar-refractivity contribution in [3.05, 3.63) is 63.7 Å². The van der Waals surface area contributed by atoms with Crippen molar-refractivity contribution in [2.45, 2.75) is 25.9 Å². The van der Waals surface area contributed by atoms with Gasteiger partial charge in [-0.15, -0.1) is 0 Å². The Balaban J connectivity index is 2.67. The van der Waals surface area contributed by atoms with E-state index in [1.165, 1.54) is 30.3 Å². The molecular weight excluding hydrogens is 295 g/mol. The van der Waals surface area contributed by atoms with Crippen LogP contribution in [0.4, 0.5) is 18.9 Å². The van der Waals surface area contributed by atoms with E-state index in [1.54, 1.807) is 19.9 Å². The molecule has 0 radical (unpaired) electrons. The van der Waals surface area contributed by atoms with Crippen LogP contribution in [0, 0.1) is 10.1 Å². The summed E-state index contributed by atoms with van der Waals surface area (Å²) >= 11 is 0. The van der Waals surface area contributed by atoms with Crippen LogP contribution in [-0.2, 0) is 6.18 Å². The van der Waals surface area contributed by atoms with Crippen molar-refractivity contribution >= 4 is 5.69 Å². The number of halogens is 3. The first kappa shape index (κ1) is 16.0. The van der Waals surface area contributed by atoms with Gasteiger partial charge in [0.15, 0.2) is 0 Å². The predicted octanol–water partition coefficient (Wildman–Crippen LogP) is 5.40. The number of hydrogen-bond acceptors (Lipinski definition) is 2. The van der Waals surface area contributed by atoms with E-state index in [4.69, 9.17) is 0 Å². The Bertz CT molecular complexity index is 709. The van der Waals surface area contributed by atoms with Crippen molar-refractivity contribution in [1.29, 1.82) is 0 Å². The fourth-order valence-corrected chi connectivity index (χ4v) is 2.35. The third-order valence-electron chi connectivity index (χ3n) is 3.39. The minimum Gasteiger partial charge on any atom is -0.258 e. The zero-order chi connectivity index (χ0) is 16.5. The van der Waals surface area contributed by atoms with E-state index in [-0.39, 0.29) is 28.3 Å². The number of para-hydroxylation sites is 1. The average Bonchev–Trinajstić information content (AvgIpc) is 2.45. The van der Waals surface area contributed by atoms with Gasteiger partial charge in [0, 0.05) is 6.07 Å². The van der Waals surface area contributed by atoms with Crippen LogP contribution in [0.25, 0.3) is 11.1 Å². The molecule has 0 spiro atoms. The predicted molar refractivity (Wildman–Crippen MR) is 77.6 cm³/mol. The highest BCUT2D eigenvalue weighted by atomic mass is 19.4. The van der Waals surface area contributed by atoms with Gasteiger partial charge in [-0.2, -0.15) is 13.2 Å². The van der Waals surface area contributed by atoms with Gasteiger partial charge in [0.25, 0.3) is 5.69 Å². The maximum atomic E-state index is 13.2. The van der Waals surface area contributed by atoms with Gasteiger partial charge in [0.1, 0.15) is 0 Å². The van der Waals surface area contributed by atoms with Gasteiger partial charge in [0.05, 0.1) is 16.1 Å². The normalized spacial score (nSPS) is 11.7. The Morgan fingerprint density at radius 3 is 2.27 bits per heavy atom. The highest BCUT2D eigenvalue weighted by molar-refractivity contribution is 5.74. The first-order chi connectivity index (χ1) is 10.2. The molecule has 0 saturated heterocycles. The Labute approximate surface area is 125 Å². The van der Waals surface area contributed by atoms with Crippen LogP contribution in [-0.4, -0.2) is 4.92 Å². The average molecular weight is 309 g/mol. The molecule has 0 unspecified atom stereocenters. The van der Waals surface area contributed by atoms with Crippen molar-refractivity contribution < 1.29 is 18.1 Å². The molecule has 0 aromatic heterocycles. The minimum atomic E-state index is -4.50. The van der Waals surface area contributed by atoms with Crippen molar-refractivity contribution in [3.8, 4) is 11.1 Å². The second kappa shape index (κ2) is 5.79. The van der Waals surface area contributed by atoms with Crippen LogP contribution in [0.5, 0.6) is 0 Å². The summed E-state index contributed by atoms with van der Waals surface area (Å²) in [4.78, 5) is 10.4. The van der Waals surface area contributed by atoms with E-state index in [2.05, 4.69) is 0 Å². The molecule has 0 heterocycles. The lowest BCUT2D eigenvalue weighted by Crippen LogP contribution is -2.10. The molecule has 6 heteroatoms. The molecule has 0 amide bonds. The first-order valence-electron chi connectivity index (χ1n) is 6.66. The van der Waals surface area contributed by atoms with Gasteiger partial charge in [-0.25, -0.2) is 0 Å². The molecule has 0 fully saturated rings. The topological polar surface area (TPSA) is 43.1 Å². The van der Waals surface area contributed by atoms with Gasteiger partial charge >= 0.3 is 6.18 Å². The van der Waals surface area contributed by atoms with Crippen molar-refractivity contribution in [1.82, 2.24) is 0 Å². The van der Waals surface area contributed by atoms with Gasteiger partial charge < -0.3 is 0 Å². The lowest BCUT2D eigenvalue weighted by Gasteiger charge is -2.17. The molecule has 0 aliphatic heterocycles.